The molecule has 0 spiro atoms. The summed E-state index contributed by atoms with van der Waals surface area (Å²) in [5.74, 6) is 2.43. The number of rotatable bonds is 4. The zero-order valence-electron chi connectivity index (χ0n) is 18.7. The number of fused-ring (bicyclic) bond motifs is 5. The average molecular weight is 401 g/mol. The summed E-state index contributed by atoms with van der Waals surface area (Å²) in [5.41, 5.74) is 0.448. The van der Waals surface area contributed by atoms with E-state index in [2.05, 4.69) is 26.0 Å². The highest BCUT2D eigenvalue weighted by molar-refractivity contribution is 5.89. The van der Waals surface area contributed by atoms with Crippen molar-refractivity contribution in [3.63, 3.8) is 0 Å². The molecule has 0 N–H and O–H groups in total. The lowest BCUT2D eigenvalue weighted by Gasteiger charge is -2.58. The Morgan fingerprint density at radius 3 is 2.48 bits per heavy atom. The second-order valence-electron chi connectivity index (χ2n) is 10.2. The van der Waals surface area contributed by atoms with Crippen LogP contribution >= 0.6 is 0 Å². The molecule has 0 aliphatic heterocycles. The van der Waals surface area contributed by atoms with E-state index in [4.69, 9.17) is 9.47 Å². The maximum Gasteiger partial charge on any atom is 0.303 e. The van der Waals surface area contributed by atoms with Gasteiger partial charge in [-0.1, -0.05) is 19.9 Å². The number of carbonyl (C=O) groups is 2. The molecule has 4 aliphatic carbocycles. The van der Waals surface area contributed by atoms with Crippen molar-refractivity contribution < 1.29 is 19.1 Å². The van der Waals surface area contributed by atoms with E-state index in [1.165, 1.54) is 12.5 Å². The van der Waals surface area contributed by atoms with Crippen LogP contribution in [-0.4, -0.2) is 24.0 Å². The van der Waals surface area contributed by atoms with Gasteiger partial charge in [0.1, 0.15) is 0 Å². The van der Waals surface area contributed by atoms with Crippen molar-refractivity contribution in [2.75, 3.05) is 6.61 Å². The van der Waals surface area contributed by atoms with E-state index in [9.17, 15) is 9.59 Å². The molecule has 0 saturated heterocycles. The summed E-state index contributed by atoms with van der Waals surface area (Å²) >= 11 is 0. The highest BCUT2D eigenvalue weighted by Gasteiger charge is 2.67. The number of hydrogen-bond donors (Lipinski definition) is 0. The van der Waals surface area contributed by atoms with Gasteiger partial charge in [0.25, 0.3) is 0 Å². The molecule has 0 bridgehead atoms. The molecule has 0 amide bonds. The molecule has 4 heteroatoms. The summed E-state index contributed by atoms with van der Waals surface area (Å²) in [6, 6.07) is 0. The Balaban J connectivity index is 1.68. The third-order valence-corrected chi connectivity index (χ3v) is 9.07. The number of ketones is 1. The van der Waals surface area contributed by atoms with Crippen LogP contribution in [0.1, 0.15) is 79.6 Å². The average Bonchev–Trinajstić information content (AvgIpc) is 2.95. The Bertz CT molecular complexity index is 780. The van der Waals surface area contributed by atoms with Crippen LogP contribution in [0.15, 0.2) is 23.5 Å². The van der Waals surface area contributed by atoms with Gasteiger partial charge in [0.05, 0.1) is 12.4 Å². The van der Waals surface area contributed by atoms with Crippen molar-refractivity contribution in [1.82, 2.24) is 0 Å². The van der Waals surface area contributed by atoms with Crippen molar-refractivity contribution in [2.24, 2.45) is 28.6 Å². The van der Waals surface area contributed by atoms with Crippen LogP contribution in [0.5, 0.6) is 0 Å². The van der Waals surface area contributed by atoms with Crippen molar-refractivity contribution in [3.8, 4) is 0 Å². The second-order valence-corrected chi connectivity index (χ2v) is 10.2. The van der Waals surface area contributed by atoms with Crippen LogP contribution in [0.2, 0.25) is 0 Å². The third-order valence-electron chi connectivity index (χ3n) is 9.07. The van der Waals surface area contributed by atoms with E-state index < -0.39 is 5.60 Å². The molecule has 0 aromatic heterocycles. The first-order valence-electron chi connectivity index (χ1n) is 11.4. The Morgan fingerprint density at radius 1 is 1.10 bits per heavy atom. The second kappa shape index (κ2) is 6.99. The number of hydrogen-bond acceptors (Lipinski definition) is 4. The van der Waals surface area contributed by atoms with Crippen molar-refractivity contribution in [3.05, 3.63) is 23.5 Å². The lowest BCUT2D eigenvalue weighted by Crippen LogP contribution is -2.58. The fraction of sp³-hybridized carbons (Fsp3) is 0.760. The van der Waals surface area contributed by atoms with Crippen molar-refractivity contribution in [2.45, 2.75) is 85.2 Å². The Kier molecular flexibility index (Phi) is 4.99. The summed E-state index contributed by atoms with van der Waals surface area (Å²) < 4.78 is 11.7. The minimum absolute atomic E-state index is 0.0244. The molecule has 0 aromatic carbocycles. The minimum atomic E-state index is -0.937. The van der Waals surface area contributed by atoms with E-state index >= 15 is 0 Å². The quantitative estimate of drug-likeness (QED) is 0.595. The van der Waals surface area contributed by atoms with Gasteiger partial charge in [0.2, 0.25) is 0 Å². The lowest BCUT2D eigenvalue weighted by atomic mass is 9.47. The Labute approximate surface area is 175 Å². The van der Waals surface area contributed by atoms with Crippen molar-refractivity contribution in [1.29, 1.82) is 0 Å². The summed E-state index contributed by atoms with van der Waals surface area (Å²) in [7, 11) is 0. The molecular formula is C25H36O4. The molecule has 6 atom stereocenters. The number of Topliss-reactive ketones (excluding diaryl/α,β-unsaturated/α-hetero) is 1. The first kappa shape index (κ1) is 20.7. The van der Waals surface area contributed by atoms with E-state index in [1.807, 2.05) is 6.92 Å². The fourth-order valence-corrected chi connectivity index (χ4v) is 7.66. The minimum Gasteiger partial charge on any atom is -0.498 e. The molecule has 0 radical (unpaired) electrons. The van der Waals surface area contributed by atoms with Gasteiger partial charge in [0, 0.05) is 18.8 Å². The van der Waals surface area contributed by atoms with Gasteiger partial charge in [0.15, 0.2) is 11.4 Å². The zero-order chi connectivity index (χ0) is 21.0. The van der Waals surface area contributed by atoms with Crippen LogP contribution in [0.3, 0.4) is 0 Å². The molecular weight excluding hydrogens is 364 g/mol. The van der Waals surface area contributed by atoms with Crippen LogP contribution in [-0.2, 0) is 19.1 Å². The number of carbonyl (C=O) groups excluding carboxylic acids is 2. The molecule has 0 unspecified atom stereocenters. The van der Waals surface area contributed by atoms with Gasteiger partial charge in [-0.05, 0) is 87.2 Å². The summed E-state index contributed by atoms with van der Waals surface area (Å²) in [6.45, 7) is 10.5. The molecule has 0 aromatic rings. The molecule has 4 aliphatic rings. The molecule has 0 heterocycles. The van der Waals surface area contributed by atoms with Crippen LogP contribution in [0.4, 0.5) is 0 Å². The molecule has 2 fully saturated rings. The Morgan fingerprint density at radius 2 is 1.83 bits per heavy atom. The largest absolute Gasteiger partial charge is 0.498 e. The van der Waals surface area contributed by atoms with Gasteiger partial charge < -0.3 is 9.47 Å². The summed E-state index contributed by atoms with van der Waals surface area (Å²) in [5, 5.41) is 0. The monoisotopic (exact) mass is 400 g/mol. The number of allylic oxidation sites excluding steroid dienone is 4. The first-order valence-corrected chi connectivity index (χ1v) is 11.4. The maximum atomic E-state index is 12.8. The molecule has 4 nitrogen and oxygen atoms in total. The molecule has 2 saturated carbocycles. The van der Waals surface area contributed by atoms with Gasteiger partial charge in [-0.2, -0.15) is 0 Å². The standard InChI is InChI=1S/C25H36O4/c1-6-28-19-9-12-23(4)18(15-19)7-8-20-21(23)10-13-24(5)22(20)11-14-25(24,16(2)26)29-17(3)27/h7,15,20-22H,6,8-14H2,1-5H3/t20-,21+,22-,23+,24-,25+/m1/s1. The van der Waals surface area contributed by atoms with Crippen LogP contribution in [0, 0.1) is 28.6 Å². The third kappa shape index (κ3) is 2.84. The van der Waals surface area contributed by atoms with Crippen LogP contribution < -0.4 is 0 Å². The van der Waals surface area contributed by atoms with E-state index in [-0.39, 0.29) is 22.6 Å². The predicted molar refractivity (Wildman–Crippen MR) is 112 cm³/mol. The molecule has 160 valence electrons. The van der Waals surface area contributed by atoms with E-state index in [0.29, 0.717) is 24.2 Å². The van der Waals surface area contributed by atoms with Gasteiger partial charge in [-0.25, -0.2) is 0 Å². The zero-order valence-corrected chi connectivity index (χ0v) is 18.7. The van der Waals surface area contributed by atoms with Crippen molar-refractivity contribution >= 4 is 11.8 Å². The van der Waals surface area contributed by atoms with Gasteiger partial charge >= 0.3 is 5.97 Å². The highest BCUT2D eigenvalue weighted by atomic mass is 16.6. The number of esters is 1. The SMILES string of the molecule is CCOC1=CC2=CC[C@H]3[C@H]4CC[C@](OC(C)=O)(C(C)=O)[C@]4(C)CC[C@@H]3[C@@]2(C)CC1. The molecule has 29 heavy (non-hydrogen) atoms. The smallest absolute Gasteiger partial charge is 0.303 e. The first-order chi connectivity index (χ1) is 13.7. The summed E-state index contributed by atoms with van der Waals surface area (Å²) in [6.07, 6.45) is 11.6. The Hall–Kier alpha value is -1.58. The van der Waals surface area contributed by atoms with Crippen LogP contribution in [0.25, 0.3) is 0 Å². The van der Waals surface area contributed by atoms with E-state index in [1.54, 1.807) is 6.92 Å². The van der Waals surface area contributed by atoms with E-state index in [0.717, 1.165) is 50.9 Å². The predicted octanol–water partition coefficient (Wildman–Crippen LogP) is 5.37. The maximum absolute atomic E-state index is 12.8. The topological polar surface area (TPSA) is 52.6 Å². The highest BCUT2D eigenvalue weighted by Crippen LogP contribution is 2.67. The fourth-order valence-electron chi connectivity index (χ4n) is 7.66. The van der Waals surface area contributed by atoms with Gasteiger partial charge in [-0.3, -0.25) is 9.59 Å². The summed E-state index contributed by atoms with van der Waals surface area (Å²) in [4.78, 5) is 24.7. The normalized spacial score (nSPS) is 43.3. The number of ether oxygens (including phenoxy) is 2. The lowest BCUT2D eigenvalue weighted by molar-refractivity contribution is -0.186. The molecule has 4 rings (SSSR count). The van der Waals surface area contributed by atoms with Gasteiger partial charge in [-0.15, -0.1) is 0 Å².